The molecule has 1 aliphatic heterocycles. The lowest BCUT2D eigenvalue weighted by atomic mass is 10.1. The standard InChI is InChI=1S/C16H9NO2/c18-16-11-6-2-1-5-10(11)9-14-15(16)17-12-7-3-4-8-13(12)19-14/h1-9H. The van der Waals surface area contributed by atoms with Crippen LogP contribution in [-0.4, -0.2) is 4.98 Å². The van der Waals surface area contributed by atoms with E-state index in [0.717, 1.165) is 5.39 Å². The van der Waals surface area contributed by atoms with Gasteiger partial charge >= 0.3 is 0 Å². The Morgan fingerprint density at radius 2 is 1.74 bits per heavy atom. The summed E-state index contributed by atoms with van der Waals surface area (Å²) in [5.74, 6) is 0.530. The van der Waals surface area contributed by atoms with Crippen LogP contribution in [0.5, 0.6) is 0 Å². The van der Waals surface area contributed by atoms with Gasteiger partial charge in [0.05, 0.1) is 0 Å². The summed E-state index contributed by atoms with van der Waals surface area (Å²) in [5.41, 5.74) is 1.69. The number of rotatable bonds is 0. The number of benzene rings is 3. The smallest absolute Gasteiger partial charge is 0.215 e. The van der Waals surface area contributed by atoms with Crippen LogP contribution in [0.2, 0.25) is 0 Å². The molecular weight excluding hydrogens is 238 g/mol. The van der Waals surface area contributed by atoms with Crippen molar-refractivity contribution in [2.24, 2.45) is 0 Å². The van der Waals surface area contributed by atoms with Gasteiger partial charge in [0.2, 0.25) is 5.43 Å². The van der Waals surface area contributed by atoms with E-state index in [0.29, 0.717) is 27.9 Å². The Hall–Kier alpha value is -2.68. The fourth-order valence-electron chi connectivity index (χ4n) is 2.34. The molecule has 3 nitrogen and oxygen atoms in total. The molecule has 0 atom stereocenters. The predicted molar refractivity (Wildman–Crippen MR) is 74.4 cm³/mol. The van der Waals surface area contributed by atoms with E-state index < -0.39 is 0 Å². The van der Waals surface area contributed by atoms with Gasteiger partial charge in [-0.05, 0) is 23.6 Å². The van der Waals surface area contributed by atoms with Crippen molar-refractivity contribution in [3.8, 4) is 11.5 Å². The first-order valence-electron chi connectivity index (χ1n) is 6.04. The zero-order chi connectivity index (χ0) is 12.8. The first kappa shape index (κ1) is 10.3. The zero-order valence-electron chi connectivity index (χ0n) is 9.96. The van der Waals surface area contributed by atoms with Gasteiger partial charge in [-0.2, -0.15) is 0 Å². The summed E-state index contributed by atoms with van der Waals surface area (Å²) in [6, 6.07) is 16.8. The first-order chi connectivity index (χ1) is 9.33. The average Bonchev–Trinajstić information content (AvgIpc) is 2.46. The monoisotopic (exact) mass is 247 g/mol. The van der Waals surface area contributed by atoms with Crippen LogP contribution in [0.15, 0.2) is 63.8 Å². The summed E-state index contributed by atoms with van der Waals surface area (Å²) in [5, 5.41) is 1.55. The molecule has 2 aromatic carbocycles. The molecule has 2 aliphatic rings. The first-order valence-corrected chi connectivity index (χ1v) is 6.04. The second-order valence-electron chi connectivity index (χ2n) is 4.46. The highest BCUT2D eigenvalue weighted by Crippen LogP contribution is 2.25. The number of hydrogen-bond donors (Lipinski definition) is 0. The van der Waals surface area contributed by atoms with Crippen LogP contribution in [-0.2, 0) is 0 Å². The van der Waals surface area contributed by atoms with Gasteiger partial charge in [-0.25, -0.2) is 4.98 Å². The molecule has 0 saturated carbocycles. The minimum atomic E-state index is -0.0809. The highest BCUT2D eigenvalue weighted by molar-refractivity contribution is 5.89. The van der Waals surface area contributed by atoms with E-state index in [9.17, 15) is 4.79 Å². The number of fused-ring (bicyclic) bond motifs is 3. The predicted octanol–water partition coefficient (Wildman–Crippen LogP) is 3.45. The lowest BCUT2D eigenvalue weighted by molar-refractivity contribution is 0.613. The normalized spacial score (nSPS) is 11.4. The second-order valence-corrected chi connectivity index (χ2v) is 4.46. The van der Waals surface area contributed by atoms with Crippen LogP contribution in [0, 0.1) is 0 Å². The molecule has 0 spiro atoms. The molecule has 0 saturated heterocycles. The molecule has 0 fully saturated rings. The maximum Gasteiger partial charge on any atom is 0.215 e. The van der Waals surface area contributed by atoms with E-state index in [1.165, 1.54) is 0 Å². The molecule has 0 aromatic heterocycles. The Morgan fingerprint density at radius 1 is 0.947 bits per heavy atom. The van der Waals surface area contributed by atoms with E-state index in [2.05, 4.69) is 4.98 Å². The quantitative estimate of drug-likeness (QED) is 0.447. The highest BCUT2D eigenvalue weighted by atomic mass is 16.3. The van der Waals surface area contributed by atoms with Crippen LogP contribution in [0.1, 0.15) is 0 Å². The Labute approximate surface area is 108 Å². The third-order valence-corrected chi connectivity index (χ3v) is 3.26. The SMILES string of the molecule is O=c1c2nc3ccccc3oc-2cc2ccccc12. The van der Waals surface area contributed by atoms with Crippen molar-refractivity contribution in [2.45, 2.75) is 0 Å². The fourth-order valence-corrected chi connectivity index (χ4v) is 2.34. The van der Waals surface area contributed by atoms with Gasteiger partial charge in [-0.3, -0.25) is 4.79 Å². The maximum absolute atomic E-state index is 12.4. The van der Waals surface area contributed by atoms with Gasteiger partial charge in [-0.15, -0.1) is 0 Å². The molecule has 3 heteroatoms. The van der Waals surface area contributed by atoms with Crippen molar-refractivity contribution in [1.29, 1.82) is 0 Å². The minimum Gasteiger partial charge on any atom is -0.453 e. The van der Waals surface area contributed by atoms with Gasteiger partial charge < -0.3 is 4.42 Å². The van der Waals surface area contributed by atoms with E-state index in [-0.39, 0.29) is 5.43 Å². The van der Waals surface area contributed by atoms with Crippen LogP contribution in [0.3, 0.4) is 0 Å². The summed E-state index contributed by atoms with van der Waals surface area (Å²) in [4.78, 5) is 16.8. The van der Waals surface area contributed by atoms with Crippen LogP contribution in [0.25, 0.3) is 33.3 Å². The van der Waals surface area contributed by atoms with Gasteiger partial charge in [0.15, 0.2) is 17.0 Å². The summed E-state index contributed by atoms with van der Waals surface area (Å²) < 4.78 is 5.77. The van der Waals surface area contributed by atoms with Crippen molar-refractivity contribution in [1.82, 2.24) is 4.98 Å². The molecule has 90 valence electrons. The van der Waals surface area contributed by atoms with Crippen molar-refractivity contribution in [3.05, 3.63) is 64.8 Å². The summed E-state index contributed by atoms with van der Waals surface area (Å²) in [6.45, 7) is 0. The molecular formula is C16H9NO2. The summed E-state index contributed by atoms with van der Waals surface area (Å²) in [7, 11) is 0. The third-order valence-electron chi connectivity index (χ3n) is 3.26. The van der Waals surface area contributed by atoms with Gasteiger partial charge in [-0.1, -0.05) is 36.4 Å². The Morgan fingerprint density at radius 3 is 2.68 bits per heavy atom. The Bertz CT molecular complexity index is 940. The second kappa shape index (κ2) is 3.65. The summed E-state index contributed by atoms with van der Waals surface area (Å²) in [6.07, 6.45) is 0. The minimum absolute atomic E-state index is 0.0809. The van der Waals surface area contributed by atoms with Gasteiger partial charge in [0.25, 0.3) is 0 Å². The van der Waals surface area contributed by atoms with E-state index in [1.54, 1.807) is 0 Å². The molecule has 19 heavy (non-hydrogen) atoms. The van der Waals surface area contributed by atoms with E-state index >= 15 is 0 Å². The van der Waals surface area contributed by atoms with Crippen LogP contribution in [0.4, 0.5) is 0 Å². The molecule has 0 amide bonds. The number of aromatic nitrogens is 1. The molecule has 0 bridgehead atoms. The lowest BCUT2D eigenvalue weighted by Crippen LogP contribution is -2.08. The lowest BCUT2D eigenvalue weighted by Gasteiger charge is -2.07. The van der Waals surface area contributed by atoms with Crippen molar-refractivity contribution in [3.63, 3.8) is 0 Å². The molecule has 1 heterocycles. The van der Waals surface area contributed by atoms with Crippen molar-refractivity contribution >= 4 is 21.9 Å². The van der Waals surface area contributed by atoms with E-state index in [1.807, 2.05) is 54.6 Å². The topological polar surface area (TPSA) is 43.1 Å². The highest BCUT2D eigenvalue weighted by Gasteiger charge is 2.15. The number of hydrogen-bond acceptors (Lipinski definition) is 3. The fraction of sp³-hybridized carbons (Fsp3) is 0. The third kappa shape index (κ3) is 1.45. The Kier molecular flexibility index (Phi) is 1.97. The molecule has 4 rings (SSSR count). The molecule has 1 aliphatic carbocycles. The maximum atomic E-state index is 12.4. The molecule has 0 N–H and O–H groups in total. The van der Waals surface area contributed by atoms with Crippen LogP contribution < -0.4 is 5.43 Å². The molecule has 0 unspecified atom stereocenters. The zero-order valence-corrected chi connectivity index (χ0v) is 9.96. The van der Waals surface area contributed by atoms with Gasteiger partial charge in [0, 0.05) is 5.39 Å². The van der Waals surface area contributed by atoms with Crippen molar-refractivity contribution < 1.29 is 4.42 Å². The largest absolute Gasteiger partial charge is 0.453 e. The van der Waals surface area contributed by atoms with E-state index in [4.69, 9.17) is 4.42 Å². The van der Waals surface area contributed by atoms with Gasteiger partial charge in [0.1, 0.15) is 5.52 Å². The van der Waals surface area contributed by atoms with Crippen LogP contribution >= 0.6 is 0 Å². The number of nitrogens with zero attached hydrogens (tertiary/aromatic N) is 1. The summed E-state index contributed by atoms with van der Waals surface area (Å²) >= 11 is 0. The molecule has 0 radical (unpaired) electrons. The average molecular weight is 247 g/mol. The molecule has 2 aromatic rings. The van der Waals surface area contributed by atoms with Crippen molar-refractivity contribution in [2.75, 3.05) is 0 Å². The number of para-hydroxylation sites is 2. The Balaban J connectivity index is 2.27.